The highest BCUT2D eigenvalue weighted by Crippen LogP contribution is 2.18. The Bertz CT molecular complexity index is 394. The van der Waals surface area contributed by atoms with Crippen LogP contribution in [0.3, 0.4) is 0 Å². The number of rotatable bonds is 2. The molecule has 0 atom stereocenters. The molecular weight excluding hydrogens is 180 g/mol. The first-order valence-corrected chi connectivity index (χ1v) is 4.03. The molecule has 1 aromatic rings. The van der Waals surface area contributed by atoms with Crippen molar-refractivity contribution >= 4 is 5.91 Å². The Hall–Kier alpha value is -2.02. The van der Waals surface area contributed by atoms with Crippen LogP contribution in [0.2, 0.25) is 0 Å². The summed E-state index contributed by atoms with van der Waals surface area (Å²) in [5.74, 6) is 0.254. The molecular formula is C10H10N2O2. The largest absolute Gasteiger partial charge is 0.495 e. The number of hydrogen-bond acceptors (Lipinski definition) is 3. The molecule has 1 amide bonds. The van der Waals surface area contributed by atoms with Gasteiger partial charge in [-0.05, 0) is 18.2 Å². The van der Waals surface area contributed by atoms with E-state index in [1.807, 2.05) is 6.07 Å². The quantitative estimate of drug-likeness (QED) is 0.754. The average molecular weight is 190 g/mol. The molecule has 0 unspecified atom stereocenters. The second-order valence-corrected chi connectivity index (χ2v) is 2.61. The van der Waals surface area contributed by atoms with Gasteiger partial charge in [0.2, 0.25) is 0 Å². The van der Waals surface area contributed by atoms with Crippen molar-refractivity contribution in [1.82, 2.24) is 5.32 Å². The number of carbonyl (C=O) groups is 1. The molecule has 4 nitrogen and oxygen atoms in total. The van der Waals surface area contributed by atoms with Crippen LogP contribution in [0.4, 0.5) is 0 Å². The van der Waals surface area contributed by atoms with E-state index in [1.54, 1.807) is 19.2 Å². The molecule has 4 heteroatoms. The van der Waals surface area contributed by atoms with Gasteiger partial charge in [-0.2, -0.15) is 5.26 Å². The minimum atomic E-state index is -0.218. The number of benzene rings is 1. The lowest BCUT2D eigenvalue weighted by atomic mass is 10.1. The number of methoxy groups -OCH3 is 1. The molecule has 0 aromatic heterocycles. The summed E-state index contributed by atoms with van der Waals surface area (Å²) >= 11 is 0. The fourth-order valence-corrected chi connectivity index (χ4v) is 1.08. The third-order valence-corrected chi connectivity index (χ3v) is 1.81. The summed E-state index contributed by atoms with van der Waals surface area (Å²) in [4.78, 5) is 11.2. The van der Waals surface area contributed by atoms with E-state index in [9.17, 15) is 4.79 Å². The Morgan fingerprint density at radius 3 is 2.79 bits per heavy atom. The Labute approximate surface area is 82.1 Å². The maximum absolute atomic E-state index is 11.2. The van der Waals surface area contributed by atoms with Crippen LogP contribution < -0.4 is 10.1 Å². The maximum atomic E-state index is 11.2. The van der Waals surface area contributed by atoms with Crippen molar-refractivity contribution in [3.63, 3.8) is 0 Å². The van der Waals surface area contributed by atoms with E-state index in [4.69, 9.17) is 10.00 Å². The van der Waals surface area contributed by atoms with E-state index in [0.29, 0.717) is 16.9 Å². The highest BCUT2D eigenvalue weighted by Gasteiger charge is 2.07. The topological polar surface area (TPSA) is 62.1 Å². The van der Waals surface area contributed by atoms with E-state index in [0.717, 1.165) is 0 Å². The highest BCUT2D eigenvalue weighted by molar-refractivity contribution is 5.94. The zero-order chi connectivity index (χ0) is 10.6. The van der Waals surface area contributed by atoms with Gasteiger partial charge in [-0.25, -0.2) is 0 Å². The van der Waals surface area contributed by atoms with Gasteiger partial charge in [-0.1, -0.05) is 0 Å². The second-order valence-electron chi connectivity index (χ2n) is 2.61. The molecule has 0 aliphatic rings. The fraction of sp³-hybridized carbons (Fsp3) is 0.200. The molecule has 0 saturated heterocycles. The molecule has 0 aliphatic carbocycles. The van der Waals surface area contributed by atoms with Crippen LogP contribution in [0.1, 0.15) is 15.9 Å². The second kappa shape index (κ2) is 4.28. The smallest absolute Gasteiger partial charge is 0.251 e. The van der Waals surface area contributed by atoms with Gasteiger partial charge in [0, 0.05) is 12.6 Å². The van der Waals surface area contributed by atoms with Gasteiger partial charge < -0.3 is 10.1 Å². The summed E-state index contributed by atoms with van der Waals surface area (Å²) in [7, 11) is 3.02. The zero-order valence-corrected chi connectivity index (χ0v) is 8.00. The molecule has 0 saturated carbocycles. The van der Waals surface area contributed by atoms with Gasteiger partial charge in [0.1, 0.15) is 11.8 Å². The first-order chi connectivity index (χ1) is 6.72. The number of nitrogens with zero attached hydrogens (tertiary/aromatic N) is 1. The standard InChI is InChI=1S/C10H10N2O2/c1-12-10(13)7-3-4-9(14-2)8(5-7)6-11/h3-5H,1-2H3,(H,12,13). The van der Waals surface area contributed by atoms with Crippen LogP contribution in [0.5, 0.6) is 5.75 Å². The zero-order valence-electron chi connectivity index (χ0n) is 8.00. The molecule has 1 N–H and O–H groups in total. The van der Waals surface area contributed by atoms with Crippen LogP contribution in [0.15, 0.2) is 18.2 Å². The van der Waals surface area contributed by atoms with Crippen molar-refractivity contribution in [2.75, 3.05) is 14.2 Å². The van der Waals surface area contributed by atoms with Gasteiger partial charge >= 0.3 is 0 Å². The minimum Gasteiger partial charge on any atom is -0.495 e. The molecule has 1 aromatic carbocycles. The van der Waals surface area contributed by atoms with E-state index in [-0.39, 0.29) is 5.91 Å². The van der Waals surface area contributed by atoms with Gasteiger partial charge in [-0.15, -0.1) is 0 Å². The van der Waals surface area contributed by atoms with Crippen LogP contribution in [0, 0.1) is 11.3 Å². The Kier molecular flexibility index (Phi) is 3.08. The number of carbonyl (C=O) groups excluding carboxylic acids is 1. The number of nitriles is 1. The number of ether oxygens (including phenoxy) is 1. The van der Waals surface area contributed by atoms with Gasteiger partial charge in [0.25, 0.3) is 5.91 Å². The van der Waals surface area contributed by atoms with E-state index < -0.39 is 0 Å². The Morgan fingerprint density at radius 2 is 2.29 bits per heavy atom. The molecule has 1 rings (SSSR count). The van der Waals surface area contributed by atoms with Crippen molar-refractivity contribution in [2.45, 2.75) is 0 Å². The minimum absolute atomic E-state index is 0.218. The Morgan fingerprint density at radius 1 is 1.57 bits per heavy atom. The van der Waals surface area contributed by atoms with Crippen molar-refractivity contribution in [1.29, 1.82) is 5.26 Å². The summed E-state index contributed by atoms with van der Waals surface area (Å²) in [6.45, 7) is 0. The summed E-state index contributed by atoms with van der Waals surface area (Å²) in [5.41, 5.74) is 0.804. The van der Waals surface area contributed by atoms with Gasteiger partial charge in [-0.3, -0.25) is 4.79 Å². The van der Waals surface area contributed by atoms with Gasteiger partial charge in [0.15, 0.2) is 0 Å². The van der Waals surface area contributed by atoms with Crippen molar-refractivity contribution in [3.8, 4) is 11.8 Å². The summed E-state index contributed by atoms with van der Waals surface area (Å²) in [5, 5.41) is 11.2. The lowest BCUT2D eigenvalue weighted by molar-refractivity contribution is 0.0963. The molecule has 0 fully saturated rings. The fourth-order valence-electron chi connectivity index (χ4n) is 1.08. The highest BCUT2D eigenvalue weighted by atomic mass is 16.5. The lowest BCUT2D eigenvalue weighted by Crippen LogP contribution is -2.17. The third-order valence-electron chi connectivity index (χ3n) is 1.81. The van der Waals surface area contributed by atoms with Crippen LogP contribution in [-0.4, -0.2) is 20.1 Å². The number of hydrogen-bond donors (Lipinski definition) is 1. The van der Waals surface area contributed by atoms with E-state index >= 15 is 0 Å². The predicted molar refractivity (Wildman–Crippen MR) is 51.1 cm³/mol. The SMILES string of the molecule is CNC(=O)c1ccc(OC)c(C#N)c1. The van der Waals surface area contributed by atoms with E-state index in [2.05, 4.69) is 5.32 Å². The molecule has 72 valence electrons. The lowest BCUT2D eigenvalue weighted by Gasteiger charge is -2.04. The molecule has 0 spiro atoms. The number of nitrogens with one attached hydrogen (secondary N) is 1. The Balaban J connectivity index is 3.15. The molecule has 0 aliphatic heterocycles. The molecule has 0 radical (unpaired) electrons. The van der Waals surface area contributed by atoms with Crippen molar-refractivity contribution in [2.24, 2.45) is 0 Å². The maximum Gasteiger partial charge on any atom is 0.251 e. The first-order valence-electron chi connectivity index (χ1n) is 4.03. The average Bonchev–Trinajstić information content (AvgIpc) is 2.26. The summed E-state index contributed by atoms with van der Waals surface area (Å²) < 4.78 is 4.95. The normalized spacial score (nSPS) is 8.93. The van der Waals surface area contributed by atoms with Crippen molar-refractivity contribution < 1.29 is 9.53 Å². The molecule has 0 heterocycles. The first kappa shape index (κ1) is 10.1. The monoisotopic (exact) mass is 190 g/mol. The molecule has 0 bridgehead atoms. The van der Waals surface area contributed by atoms with Crippen molar-refractivity contribution in [3.05, 3.63) is 29.3 Å². The van der Waals surface area contributed by atoms with Crippen LogP contribution >= 0.6 is 0 Å². The van der Waals surface area contributed by atoms with Crippen LogP contribution in [-0.2, 0) is 0 Å². The third kappa shape index (κ3) is 1.83. The predicted octanol–water partition coefficient (Wildman–Crippen LogP) is 0.926. The number of amides is 1. The van der Waals surface area contributed by atoms with Crippen LogP contribution in [0.25, 0.3) is 0 Å². The summed E-state index contributed by atoms with van der Waals surface area (Å²) in [6.07, 6.45) is 0. The van der Waals surface area contributed by atoms with E-state index in [1.165, 1.54) is 13.2 Å². The van der Waals surface area contributed by atoms with Gasteiger partial charge in [0.05, 0.1) is 12.7 Å². The molecule has 14 heavy (non-hydrogen) atoms. The summed E-state index contributed by atoms with van der Waals surface area (Å²) in [6, 6.07) is 6.67.